The standard InChI is InChI=1S/C10H12ClF3N2/c1-7(6-11)16(2)9-8(10(12,13)14)4-3-5-15-9/h3-5,7H,6H2,1-2H3. The van der Waals surface area contributed by atoms with Gasteiger partial charge < -0.3 is 4.90 Å². The van der Waals surface area contributed by atoms with Gasteiger partial charge in [-0.25, -0.2) is 4.98 Å². The minimum atomic E-state index is -4.40. The first-order chi connectivity index (χ1) is 7.38. The summed E-state index contributed by atoms with van der Waals surface area (Å²) in [7, 11) is 1.55. The van der Waals surface area contributed by atoms with Gasteiger partial charge in [0.05, 0.1) is 5.56 Å². The van der Waals surface area contributed by atoms with Crippen LogP contribution in [0.1, 0.15) is 12.5 Å². The first-order valence-corrected chi connectivity index (χ1v) is 5.22. The molecule has 0 saturated heterocycles. The number of anilines is 1. The van der Waals surface area contributed by atoms with Gasteiger partial charge in [0.25, 0.3) is 0 Å². The highest BCUT2D eigenvalue weighted by Gasteiger charge is 2.35. The van der Waals surface area contributed by atoms with E-state index in [1.807, 2.05) is 0 Å². The fraction of sp³-hybridized carbons (Fsp3) is 0.500. The maximum Gasteiger partial charge on any atom is 0.419 e. The largest absolute Gasteiger partial charge is 0.419 e. The maximum atomic E-state index is 12.7. The molecule has 1 atom stereocenters. The van der Waals surface area contributed by atoms with Gasteiger partial charge in [-0.1, -0.05) is 0 Å². The summed E-state index contributed by atoms with van der Waals surface area (Å²) in [5.74, 6) is 0.146. The Balaban J connectivity index is 3.13. The van der Waals surface area contributed by atoms with E-state index in [-0.39, 0.29) is 17.7 Å². The Morgan fingerprint density at radius 1 is 1.50 bits per heavy atom. The number of pyridine rings is 1. The lowest BCUT2D eigenvalue weighted by Gasteiger charge is -2.26. The zero-order valence-electron chi connectivity index (χ0n) is 8.92. The molecule has 6 heteroatoms. The maximum absolute atomic E-state index is 12.7. The second kappa shape index (κ2) is 4.91. The van der Waals surface area contributed by atoms with Crippen LogP contribution in [0.4, 0.5) is 19.0 Å². The Morgan fingerprint density at radius 2 is 2.12 bits per heavy atom. The van der Waals surface area contributed by atoms with E-state index in [1.54, 1.807) is 14.0 Å². The predicted octanol–water partition coefficient (Wildman–Crippen LogP) is 3.16. The van der Waals surface area contributed by atoms with E-state index in [9.17, 15) is 13.2 Å². The molecule has 90 valence electrons. The molecule has 0 fully saturated rings. The van der Waals surface area contributed by atoms with Crippen molar-refractivity contribution in [2.45, 2.75) is 19.1 Å². The van der Waals surface area contributed by atoms with Gasteiger partial charge in [-0.2, -0.15) is 13.2 Å². The molecule has 0 spiro atoms. The smallest absolute Gasteiger partial charge is 0.355 e. The summed E-state index contributed by atoms with van der Waals surface area (Å²) in [6.07, 6.45) is -3.06. The van der Waals surface area contributed by atoms with Crippen LogP contribution in [0.15, 0.2) is 18.3 Å². The summed E-state index contributed by atoms with van der Waals surface area (Å²) in [5.41, 5.74) is -0.741. The predicted molar refractivity (Wildman–Crippen MR) is 57.8 cm³/mol. The van der Waals surface area contributed by atoms with Crippen LogP contribution in [0.5, 0.6) is 0 Å². The van der Waals surface area contributed by atoms with Crippen LogP contribution in [0.25, 0.3) is 0 Å². The molecule has 2 nitrogen and oxygen atoms in total. The van der Waals surface area contributed by atoms with E-state index in [4.69, 9.17) is 11.6 Å². The fourth-order valence-electron chi connectivity index (χ4n) is 1.21. The van der Waals surface area contributed by atoms with Crippen molar-refractivity contribution < 1.29 is 13.2 Å². The highest BCUT2D eigenvalue weighted by atomic mass is 35.5. The third-order valence-corrected chi connectivity index (χ3v) is 2.76. The molecule has 1 aromatic rings. The van der Waals surface area contributed by atoms with E-state index in [0.29, 0.717) is 0 Å². The van der Waals surface area contributed by atoms with Crippen molar-refractivity contribution in [2.24, 2.45) is 0 Å². The molecule has 0 aromatic carbocycles. The molecular formula is C10H12ClF3N2. The SMILES string of the molecule is CC(CCl)N(C)c1ncccc1C(F)(F)F. The molecule has 1 unspecified atom stereocenters. The van der Waals surface area contributed by atoms with Gasteiger partial charge in [0, 0.05) is 25.2 Å². The Hall–Kier alpha value is -0.970. The molecule has 1 aromatic heterocycles. The molecule has 0 saturated carbocycles. The van der Waals surface area contributed by atoms with Crippen LogP contribution in [-0.2, 0) is 6.18 Å². The van der Waals surface area contributed by atoms with Crippen molar-refractivity contribution in [1.29, 1.82) is 0 Å². The fourth-order valence-corrected chi connectivity index (χ4v) is 1.42. The molecule has 0 N–H and O–H groups in total. The summed E-state index contributed by atoms with van der Waals surface area (Å²) in [6.45, 7) is 1.74. The van der Waals surface area contributed by atoms with Gasteiger partial charge in [0.1, 0.15) is 5.82 Å². The zero-order chi connectivity index (χ0) is 12.3. The van der Waals surface area contributed by atoms with Crippen molar-refractivity contribution in [3.8, 4) is 0 Å². The normalized spacial score (nSPS) is 13.6. The topological polar surface area (TPSA) is 16.1 Å². The van der Waals surface area contributed by atoms with Gasteiger partial charge >= 0.3 is 6.18 Å². The first-order valence-electron chi connectivity index (χ1n) is 4.69. The molecular weight excluding hydrogens is 241 g/mol. The number of aromatic nitrogens is 1. The Bertz CT molecular complexity index is 354. The van der Waals surface area contributed by atoms with E-state index in [1.165, 1.54) is 17.2 Å². The quantitative estimate of drug-likeness (QED) is 0.768. The lowest BCUT2D eigenvalue weighted by atomic mass is 10.2. The van der Waals surface area contributed by atoms with Gasteiger partial charge in [0.2, 0.25) is 0 Å². The molecule has 1 rings (SSSR count). The Kier molecular flexibility index (Phi) is 4.02. The van der Waals surface area contributed by atoms with Gasteiger partial charge in [-0.15, -0.1) is 11.6 Å². The number of rotatable bonds is 3. The molecule has 0 aliphatic rings. The van der Waals surface area contributed by atoms with Crippen LogP contribution < -0.4 is 4.90 Å². The number of nitrogens with zero attached hydrogens (tertiary/aromatic N) is 2. The highest BCUT2D eigenvalue weighted by Crippen LogP contribution is 2.35. The molecule has 16 heavy (non-hydrogen) atoms. The van der Waals surface area contributed by atoms with Crippen molar-refractivity contribution >= 4 is 17.4 Å². The minimum Gasteiger partial charge on any atom is -0.355 e. The summed E-state index contributed by atoms with van der Waals surface area (Å²) >= 11 is 5.61. The molecule has 0 bridgehead atoms. The summed E-state index contributed by atoms with van der Waals surface area (Å²) in [4.78, 5) is 5.19. The molecule has 1 heterocycles. The number of halogens is 4. The van der Waals surface area contributed by atoms with Crippen molar-refractivity contribution in [2.75, 3.05) is 17.8 Å². The van der Waals surface area contributed by atoms with Crippen molar-refractivity contribution in [3.05, 3.63) is 23.9 Å². The first kappa shape index (κ1) is 13.1. The van der Waals surface area contributed by atoms with E-state index in [2.05, 4.69) is 4.98 Å². The van der Waals surface area contributed by atoms with E-state index in [0.717, 1.165) is 6.07 Å². The van der Waals surface area contributed by atoms with Crippen LogP contribution in [0.2, 0.25) is 0 Å². The van der Waals surface area contributed by atoms with Crippen LogP contribution in [0, 0.1) is 0 Å². The molecule has 0 aliphatic carbocycles. The number of alkyl halides is 4. The van der Waals surface area contributed by atoms with E-state index >= 15 is 0 Å². The third kappa shape index (κ3) is 2.78. The highest BCUT2D eigenvalue weighted by molar-refractivity contribution is 6.18. The Morgan fingerprint density at radius 3 is 2.62 bits per heavy atom. The number of hydrogen-bond donors (Lipinski definition) is 0. The lowest BCUT2D eigenvalue weighted by molar-refractivity contribution is -0.137. The van der Waals surface area contributed by atoms with Crippen molar-refractivity contribution in [1.82, 2.24) is 4.98 Å². The zero-order valence-corrected chi connectivity index (χ0v) is 9.68. The molecule has 0 radical (unpaired) electrons. The Labute approximate surface area is 97.0 Å². The van der Waals surface area contributed by atoms with E-state index < -0.39 is 11.7 Å². The van der Waals surface area contributed by atoms with Gasteiger partial charge in [0.15, 0.2) is 0 Å². The van der Waals surface area contributed by atoms with Crippen LogP contribution in [-0.4, -0.2) is 24.0 Å². The van der Waals surface area contributed by atoms with Crippen molar-refractivity contribution in [3.63, 3.8) is 0 Å². The lowest BCUT2D eigenvalue weighted by Crippen LogP contribution is -2.32. The average molecular weight is 253 g/mol. The second-order valence-electron chi connectivity index (χ2n) is 3.49. The van der Waals surface area contributed by atoms with Gasteiger partial charge in [-0.05, 0) is 19.1 Å². The molecule has 0 aliphatic heterocycles. The van der Waals surface area contributed by atoms with Gasteiger partial charge in [-0.3, -0.25) is 0 Å². The monoisotopic (exact) mass is 252 g/mol. The summed E-state index contributed by atoms with van der Waals surface area (Å²) in [6, 6.07) is 2.07. The summed E-state index contributed by atoms with van der Waals surface area (Å²) < 4.78 is 38.0. The molecule has 0 amide bonds. The van der Waals surface area contributed by atoms with Crippen LogP contribution in [0.3, 0.4) is 0 Å². The second-order valence-corrected chi connectivity index (χ2v) is 3.80. The number of hydrogen-bond acceptors (Lipinski definition) is 2. The summed E-state index contributed by atoms with van der Waals surface area (Å²) in [5, 5.41) is 0. The minimum absolute atomic E-state index is 0.0943. The average Bonchev–Trinajstić information content (AvgIpc) is 2.26. The third-order valence-electron chi connectivity index (χ3n) is 2.31. The van der Waals surface area contributed by atoms with Crippen LogP contribution >= 0.6 is 11.6 Å².